The van der Waals surface area contributed by atoms with E-state index >= 15 is 0 Å². The zero-order valence-electron chi connectivity index (χ0n) is 11.5. The first kappa shape index (κ1) is 13.2. The van der Waals surface area contributed by atoms with Crippen LogP contribution in [0.25, 0.3) is 21.6 Å². The molecule has 104 valence electrons. The number of nitrogens with zero attached hydrogens (tertiary/aromatic N) is 3. The topological polar surface area (TPSA) is 77.8 Å². The Morgan fingerprint density at radius 2 is 2.15 bits per heavy atom. The summed E-state index contributed by atoms with van der Waals surface area (Å²) in [4.78, 5) is 8.83. The minimum atomic E-state index is -0.550. The van der Waals surface area contributed by atoms with E-state index in [1.54, 1.807) is 17.5 Å². The maximum Gasteiger partial charge on any atom is 0.247 e. The van der Waals surface area contributed by atoms with Gasteiger partial charge in [-0.2, -0.15) is 4.98 Å². The Labute approximate surface area is 120 Å². The largest absolute Gasteiger partial charge is 0.337 e. The molecule has 0 saturated heterocycles. The van der Waals surface area contributed by atoms with E-state index in [0.717, 1.165) is 28.6 Å². The summed E-state index contributed by atoms with van der Waals surface area (Å²) < 4.78 is 6.46. The van der Waals surface area contributed by atoms with Crippen LogP contribution in [-0.2, 0) is 5.54 Å². The highest BCUT2D eigenvalue weighted by atomic mass is 32.1. The number of nitrogens with two attached hydrogens (primary N) is 1. The molecule has 0 saturated carbocycles. The van der Waals surface area contributed by atoms with Gasteiger partial charge >= 0.3 is 0 Å². The van der Waals surface area contributed by atoms with Crippen LogP contribution in [0, 0.1) is 0 Å². The molecule has 0 unspecified atom stereocenters. The van der Waals surface area contributed by atoms with Crippen molar-refractivity contribution in [2.75, 3.05) is 0 Å². The number of hydrogen-bond donors (Lipinski definition) is 1. The van der Waals surface area contributed by atoms with Gasteiger partial charge in [-0.05, 0) is 30.4 Å². The monoisotopic (exact) mass is 288 g/mol. The summed E-state index contributed by atoms with van der Waals surface area (Å²) in [5.74, 6) is 1.03. The number of rotatable bonds is 4. The van der Waals surface area contributed by atoms with Crippen LogP contribution in [0.15, 0.2) is 28.2 Å². The van der Waals surface area contributed by atoms with Crippen molar-refractivity contribution in [3.8, 4) is 11.4 Å². The van der Waals surface area contributed by atoms with Crippen molar-refractivity contribution in [2.24, 2.45) is 5.73 Å². The molecule has 0 aliphatic rings. The molecule has 0 aliphatic heterocycles. The number of thiophene rings is 1. The number of aromatic nitrogens is 3. The second kappa shape index (κ2) is 4.96. The van der Waals surface area contributed by atoms with Gasteiger partial charge in [-0.1, -0.05) is 19.0 Å². The Hall–Kier alpha value is -1.79. The third kappa shape index (κ3) is 2.10. The van der Waals surface area contributed by atoms with Gasteiger partial charge in [-0.25, -0.2) is 0 Å². The highest BCUT2D eigenvalue weighted by Crippen LogP contribution is 2.28. The molecule has 5 nitrogen and oxygen atoms in total. The fourth-order valence-corrected chi connectivity index (χ4v) is 2.84. The normalized spacial score (nSPS) is 12.2. The molecule has 20 heavy (non-hydrogen) atoms. The molecule has 3 aromatic rings. The van der Waals surface area contributed by atoms with Crippen molar-refractivity contribution >= 4 is 21.6 Å². The van der Waals surface area contributed by atoms with Gasteiger partial charge in [0.1, 0.15) is 0 Å². The van der Waals surface area contributed by atoms with E-state index in [-0.39, 0.29) is 0 Å². The Morgan fingerprint density at radius 1 is 1.35 bits per heavy atom. The van der Waals surface area contributed by atoms with Crippen LogP contribution < -0.4 is 5.73 Å². The van der Waals surface area contributed by atoms with Crippen LogP contribution in [0.5, 0.6) is 0 Å². The van der Waals surface area contributed by atoms with Gasteiger partial charge < -0.3 is 10.3 Å². The van der Waals surface area contributed by atoms with E-state index in [9.17, 15) is 0 Å². The molecule has 0 radical (unpaired) electrons. The van der Waals surface area contributed by atoms with Crippen LogP contribution in [0.2, 0.25) is 0 Å². The average molecular weight is 288 g/mol. The number of hydrogen-bond acceptors (Lipinski definition) is 6. The van der Waals surface area contributed by atoms with Crippen molar-refractivity contribution in [3.63, 3.8) is 0 Å². The summed E-state index contributed by atoms with van der Waals surface area (Å²) in [6, 6.07) is 4.02. The minimum Gasteiger partial charge on any atom is -0.337 e. The Kier molecular flexibility index (Phi) is 3.27. The van der Waals surface area contributed by atoms with Crippen LogP contribution in [-0.4, -0.2) is 15.1 Å². The predicted molar refractivity (Wildman–Crippen MR) is 79.4 cm³/mol. The quantitative estimate of drug-likeness (QED) is 0.796. The molecule has 0 amide bonds. The molecule has 2 N–H and O–H groups in total. The lowest BCUT2D eigenvalue weighted by atomic mass is 9.94. The molecule has 0 atom stereocenters. The van der Waals surface area contributed by atoms with Gasteiger partial charge in [0.05, 0.1) is 15.8 Å². The fraction of sp³-hybridized carbons (Fsp3) is 0.357. The van der Waals surface area contributed by atoms with Crippen LogP contribution in [0.3, 0.4) is 0 Å². The van der Waals surface area contributed by atoms with Gasteiger partial charge in [0.25, 0.3) is 0 Å². The summed E-state index contributed by atoms with van der Waals surface area (Å²) in [5, 5.41) is 6.05. The second-order valence-electron chi connectivity index (χ2n) is 4.81. The first-order valence-electron chi connectivity index (χ1n) is 6.63. The highest BCUT2D eigenvalue weighted by Gasteiger charge is 2.30. The standard InChI is InChI=1S/C14H16N4OS/c1-3-14(15,4-2)13-17-12(18-19-13)9-7-11-10(16-8-9)5-6-20-11/h5-8H,3-4,15H2,1-2H3. The van der Waals surface area contributed by atoms with Crippen LogP contribution in [0.4, 0.5) is 0 Å². The molecule has 3 heterocycles. The van der Waals surface area contributed by atoms with Crippen molar-refractivity contribution in [1.29, 1.82) is 0 Å². The van der Waals surface area contributed by atoms with Gasteiger partial charge in [-0.15, -0.1) is 11.3 Å². The molecular weight excluding hydrogens is 272 g/mol. The smallest absolute Gasteiger partial charge is 0.247 e. The van der Waals surface area contributed by atoms with E-state index < -0.39 is 5.54 Å². The molecule has 6 heteroatoms. The first-order valence-corrected chi connectivity index (χ1v) is 7.51. The SMILES string of the molecule is CCC(N)(CC)c1nc(-c2cnc3ccsc3c2)no1. The van der Waals surface area contributed by atoms with Gasteiger partial charge in [-0.3, -0.25) is 4.98 Å². The maximum atomic E-state index is 6.27. The van der Waals surface area contributed by atoms with Crippen LogP contribution >= 0.6 is 11.3 Å². The minimum absolute atomic E-state index is 0.490. The van der Waals surface area contributed by atoms with Crippen molar-refractivity contribution in [1.82, 2.24) is 15.1 Å². The highest BCUT2D eigenvalue weighted by molar-refractivity contribution is 7.17. The summed E-state index contributed by atoms with van der Waals surface area (Å²) in [6.45, 7) is 4.04. The Morgan fingerprint density at radius 3 is 2.90 bits per heavy atom. The third-order valence-electron chi connectivity index (χ3n) is 3.67. The van der Waals surface area contributed by atoms with Gasteiger partial charge in [0.15, 0.2) is 0 Å². The summed E-state index contributed by atoms with van der Waals surface area (Å²) in [7, 11) is 0. The predicted octanol–water partition coefficient (Wildman–Crippen LogP) is 3.32. The zero-order chi connectivity index (χ0) is 14.2. The van der Waals surface area contributed by atoms with E-state index in [1.165, 1.54) is 0 Å². The maximum absolute atomic E-state index is 6.27. The summed E-state index contributed by atoms with van der Waals surface area (Å²) >= 11 is 1.64. The summed E-state index contributed by atoms with van der Waals surface area (Å²) in [5.41, 5.74) is 7.56. The lowest BCUT2D eigenvalue weighted by molar-refractivity contribution is 0.268. The molecule has 3 rings (SSSR count). The number of fused-ring (bicyclic) bond motifs is 1. The number of pyridine rings is 1. The van der Waals surface area contributed by atoms with Crippen molar-refractivity contribution in [2.45, 2.75) is 32.2 Å². The Bertz CT molecular complexity index is 729. The molecule has 3 aromatic heterocycles. The molecule has 0 bridgehead atoms. The summed E-state index contributed by atoms with van der Waals surface area (Å²) in [6.07, 6.45) is 3.28. The second-order valence-corrected chi connectivity index (χ2v) is 5.76. The van der Waals surface area contributed by atoms with E-state index in [4.69, 9.17) is 10.3 Å². The zero-order valence-corrected chi connectivity index (χ0v) is 12.3. The van der Waals surface area contributed by atoms with E-state index in [1.807, 2.05) is 31.4 Å². The fourth-order valence-electron chi connectivity index (χ4n) is 2.06. The first-order chi connectivity index (χ1) is 9.66. The lowest BCUT2D eigenvalue weighted by Gasteiger charge is -2.20. The molecule has 0 aromatic carbocycles. The average Bonchev–Trinajstić information content (AvgIpc) is 3.14. The lowest BCUT2D eigenvalue weighted by Crippen LogP contribution is -2.35. The molecular formula is C14H16N4OS. The van der Waals surface area contributed by atoms with Gasteiger partial charge in [0, 0.05) is 11.8 Å². The molecule has 0 fully saturated rings. The third-order valence-corrected chi connectivity index (χ3v) is 4.53. The van der Waals surface area contributed by atoms with Crippen LogP contribution in [0.1, 0.15) is 32.6 Å². The van der Waals surface area contributed by atoms with Crippen molar-refractivity contribution in [3.05, 3.63) is 29.6 Å². The molecule has 0 aliphatic carbocycles. The van der Waals surface area contributed by atoms with E-state index in [0.29, 0.717) is 11.7 Å². The Balaban J connectivity index is 2.00. The van der Waals surface area contributed by atoms with Crippen molar-refractivity contribution < 1.29 is 4.52 Å². The van der Waals surface area contributed by atoms with E-state index in [2.05, 4.69) is 15.1 Å². The van der Waals surface area contributed by atoms with Gasteiger partial charge in [0.2, 0.25) is 11.7 Å². The molecule has 0 spiro atoms.